The van der Waals surface area contributed by atoms with E-state index in [0.29, 0.717) is 0 Å². The van der Waals surface area contributed by atoms with Gasteiger partial charge < -0.3 is 9.88 Å². The predicted octanol–water partition coefficient (Wildman–Crippen LogP) is 3.52. The molecule has 0 radical (unpaired) electrons. The smallest absolute Gasteiger partial charge is 0.130 e. The van der Waals surface area contributed by atoms with E-state index in [0.717, 1.165) is 37.3 Å². The minimum absolute atomic E-state index is 0.0112. The molecule has 3 nitrogen and oxygen atoms in total. The largest absolute Gasteiger partial charge is 0.333 e. The Hall–Kier alpha value is -1.68. The molecule has 2 aromatic rings. The molecular formula is C16H22FN3. The van der Waals surface area contributed by atoms with Gasteiger partial charge in [0, 0.05) is 18.9 Å². The highest BCUT2D eigenvalue weighted by atomic mass is 19.1. The third kappa shape index (κ3) is 3.45. The molecule has 0 spiro atoms. The van der Waals surface area contributed by atoms with Crippen LogP contribution in [-0.4, -0.2) is 16.1 Å². The van der Waals surface area contributed by atoms with Crippen molar-refractivity contribution >= 4 is 0 Å². The molecule has 0 aliphatic carbocycles. The van der Waals surface area contributed by atoms with Crippen molar-refractivity contribution in [1.82, 2.24) is 14.9 Å². The SMILES string of the molecule is CCCNC(c1ccc(F)cc1)c1nccn1CCC. The first kappa shape index (κ1) is 14.7. The Kier molecular flexibility index (Phi) is 5.30. The summed E-state index contributed by atoms with van der Waals surface area (Å²) in [4.78, 5) is 4.49. The monoisotopic (exact) mass is 275 g/mol. The summed E-state index contributed by atoms with van der Waals surface area (Å²) in [6.45, 7) is 6.13. The average Bonchev–Trinajstić information content (AvgIpc) is 2.90. The zero-order valence-corrected chi connectivity index (χ0v) is 12.1. The van der Waals surface area contributed by atoms with Crippen LogP contribution in [0.4, 0.5) is 4.39 Å². The van der Waals surface area contributed by atoms with Crippen LogP contribution in [-0.2, 0) is 6.54 Å². The van der Waals surface area contributed by atoms with Crippen molar-refractivity contribution in [3.8, 4) is 0 Å². The molecule has 2 rings (SSSR count). The molecule has 1 heterocycles. The van der Waals surface area contributed by atoms with Gasteiger partial charge in [-0.1, -0.05) is 26.0 Å². The first-order valence-corrected chi connectivity index (χ1v) is 7.26. The van der Waals surface area contributed by atoms with E-state index in [1.54, 1.807) is 0 Å². The summed E-state index contributed by atoms with van der Waals surface area (Å²) < 4.78 is 15.3. The number of imidazole rings is 1. The molecule has 0 amide bonds. The lowest BCUT2D eigenvalue weighted by Crippen LogP contribution is -2.26. The quantitative estimate of drug-likeness (QED) is 0.838. The van der Waals surface area contributed by atoms with Gasteiger partial charge >= 0.3 is 0 Å². The van der Waals surface area contributed by atoms with Crippen LogP contribution in [0.3, 0.4) is 0 Å². The number of aryl methyl sites for hydroxylation is 1. The van der Waals surface area contributed by atoms with Gasteiger partial charge in [-0.05, 0) is 37.1 Å². The maximum atomic E-state index is 13.1. The van der Waals surface area contributed by atoms with Crippen LogP contribution in [0, 0.1) is 5.82 Å². The molecule has 0 fully saturated rings. The summed E-state index contributed by atoms with van der Waals surface area (Å²) in [6, 6.07) is 6.67. The highest BCUT2D eigenvalue weighted by Gasteiger charge is 2.18. The molecule has 0 saturated heterocycles. The summed E-state index contributed by atoms with van der Waals surface area (Å²) >= 11 is 0. The van der Waals surface area contributed by atoms with Gasteiger partial charge in [0.2, 0.25) is 0 Å². The van der Waals surface area contributed by atoms with Crippen LogP contribution in [0.1, 0.15) is 44.1 Å². The highest BCUT2D eigenvalue weighted by Crippen LogP contribution is 2.21. The van der Waals surface area contributed by atoms with Crippen LogP contribution in [0.15, 0.2) is 36.7 Å². The Balaban J connectivity index is 2.31. The Morgan fingerprint density at radius 2 is 1.95 bits per heavy atom. The standard InChI is InChI=1S/C16H22FN3/c1-3-9-18-15(13-5-7-14(17)8-6-13)16-19-10-12-20(16)11-4-2/h5-8,10,12,15,18H,3-4,9,11H2,1-2H3. The van der Waals surface area contributed by atoms with Gasteiger partial charge in [0.1, 0.15) is 11.6 Å². The van der Waals surface area contributed by atoms with Gasteiger partial charge in [0.25, 0.3) is 0 Å². The fourth-order valence-corrected chi connectivity index (χ4v) is 2.31. The van der Waals surface area contributed by atoms with Gasteiger partial charge in [-0.15, -0.1) is 0 Å². The minimum Gasteiger partial charge on any atom is -0.333 e. The number of benzene rings is 1. The Morgan fingerprint density at radius 1 is 1.20 bits per heavy atom. The van der Waals surface area contributed by atoms with Gasteiger partial charge in [0.15, 0.2) is 0 Å². The van der Waals surface area contributed by atoms with E-state index in [9.17, 15) is 4.39 Å². The van der Waals surface area contributed by atoms with Crippen LogP contribution >= 0.6 is 0 Å². The molecule has 1 atom stereocenters. The lowest BCUT2D eigenvalue weighted by atomic mass is 10.1. The molecule has 20 heavy (non-hydrogen) atoms. The number of halogens is 1. The molecule has 0 bridgehead atoms. The Bertz CT molecular complexity index is 519. The highest BCUT2D eigenvalue weighted by molar-refractivity contribution is 5.25. The zero-order chi connectivity index (χ0) is 14.4. The van der Waals surface area contributed by atoms with E-state index in [1.165, 1.54) is 12.1 Å². The van der Waals surface area contributed by atoms with Crippen molar-refractivity contribution in [2.45, 2.75) is 39.3 Å². The molecule has 0 aliphatic rings. The zero-order valence-electron chi connectivity index (χ0n) is 12.1. The molecule has 1 aromatic carbocycles. The first-order chi connectivity index (χ1) is 9.76. The van der Waals surface area contributed by atoms with Crippen LogP contribution in [0.5, 0.6) is 0 Å². The van der Waals surface area contributed by atoms with Crippen LogP contribution in [0.25, 0.3) is 0 Å². The molecular weight excluding hydrogens is 253 g/mol. The minimum atomic E-state index is -0.208. The molecule has 1 N–H and O–H groups in total. The molecule has 1 unspecified atom stereocenters. The number of rotatable bonds is 7. The summed E-state index contributed by atoms with van der Waals surface area (Å²) in [7, 11) is 0. The van der Waals surface area contributed by atoms with Crippen molar-refractivity contribution in [3.05, 3.63) is 53.9 Å². The summed E-state index contributed by atoms with van der Waals surface area (Å²) in [5.41, 5.74) is 1.04. The third-order valence-electron chi connectivity index (χ3n) is 3.27. The average molecular weight is 275 g/mol. The third-order valence-corrected chi connectivity index (χ3v) is 3.27. The maximum absolute atomic E-state index is 13.1. The van der Waals surface area contributed by atoms with Crippen molar-refractivity contribution < 1.29 is 4.39 Å². The van der Waals surface area contributed by atoms with E-state index < -0.39 is 0 Å². The van der Waals surface area contributed by atoms with Crippen molar-refractivity contribution in [2.75, 3.05) is 6.54 Å². The second-order valence-electron chi connectivity index (χ2n) is 4.92. The number of nitrogens with zero attached hydrogens (tertiary/aromatic N) is 2. The molecule has 108 valence electrons. The van der Waals surface area contributed by atoms with Crippen molar-refractivity contribution in [2.24, 2.45) is 0 Å². The normalized spacial score (nSPS) is 12.6. The fourth-order valence-electron chi connectivity index (χ4n) is 2.31. The second-order valence-corrected chi connectivity index (χ2v) is 4.92. The van der Waals surface area contributed by atoms with Gasteiger partial charge in [0.05, 0.1) is 6.04 Å². The van der Waals surface area contributed by atoms with Crippen molar-refractivity contribution in [1.29, 1.82) is 0 Å². The first-order valence-electron chi connectivity index (χ1n) is 7.26. The summed E-state index contributed by atoms with van der Waals surface area (Å²) in [5.74, 6) is 0.784. The number of nitrogens with one attached hydrogen (secondary N) is 1. The number of hydrogen-bond donors (Lipinski definition) is 1. The Labute approximate surface area is 119 Å². The van der Waals surface area contributed by atoms with E-state index in [1.807, 2.05) is 24.5 Å². The Morgan fingerprint density at radius 3 is 2.60 bits per heavy atom. The molecule has 0 saturated carbocycles. The molecule has 4 heteroatoms. The fraction of sp³-hybridized carbons (Fsp3) is 0.438. The molecule has 1 aromatic heterocycles. The number of aromatic nitrogens is 2. The van der Waals surface area contributed by atoms with E-state index in [-0.39, 0.29) is 11.9 Å². The van der Waals surface area contributed by atoms with E-state index >= 15 is 0 Å². The van der Waals surface area contributed by atoms with Crippen LogP contribution in [0.2, 0.25) is 0 Å². The van der Waals surface area contributed by atoms with Gasteiger partial charge in [-0.25, -0.2) is 9.37 Å². The summed E-state index contributed by atoms with van der Waals surface area (Å²) in [5, 5.41) is 3.50. The predicted molar refractivity (Wildman–Crippen MR) is 79.1 cm³/mol. The van der Waals surface area contributed by atoms with Gasteiger partial charge in [-0.2, -0.15) is 0 Å². The maximum Gasteiger partial charge on any atom is 0.130 e. The van der Waals surface area contributed by atoms with Crippen molar-refractivity contribution in [3.63, 3.8) is 0 Å². The van der Waals surface area contributed by atoms with Crippen LogP contribution < -0.4 is 5.32 Å². The van der Waals surface area contributed by atoms with Gasteiger partial charge in [-0.3, -0.25) is 0 Å². The lowest BCUT2D eigenvalue weighted by molar-refractivity contribution is 0.529. The van der Waals surface area contributed by atoms with E-state index in [2.05, 4.69) is 28.7 Å². The second kappa shape index (κ2) is 7.20. The lowest BCUT2D eigenvalue weighted by Gasteiger charge is -2.20. The van der Waals surface area contributed by atoms with E-state index in [4.69, 9.17) is 0 Å². The number of hydrogen-bond acceptors (Lipinski definition) is 2. The molecule has 0 aliphatic heterocycles. The topological polar surface area (TPSA) is 29.9 Å². The summed E-state index contributed by atoms with van der Waals surface area (Å²) in [6.07, 6.45) is 5.94.